The second kappa shape index (κ2) is 17.1. The third kappa shape index (κ3) is 9.19. The minimum absolute atomic E-state index is 0.181. The Hall–Kier alpha value is -5.23. The van der Waals surface area contributed by atoms with Gasteiger partial charge in [0.1, 0.15) is 12.4 Å². The van der Waals surface area contributed by atoms with Crippen LogP contribution >= 0.6 is 11.6 Å². The molecule has 3 aromatic rings. The fourth-order valence-electron chi connectivity index (χ4n) is 5.04. The molecule has 0 aliphatic carbocycles. The smallest absolute Gasteiger partial charge is 0.338 e. The zero-order valence-electron chi connectivity index (χ0n) is 27.6. The third-order valence-electron chi connectivity index (χ3n) is 7.47. The molecule has 12 nitrogen and oxygen atoms in total. The van der Waals surface area contributed by atoms with Gasteiger partial charge in [-0.2, -0.15) is 5.10 Å². The Kier molecular flexibility index (Phi) is 12.7. The number of allylic oxidation sites excluding steroid dienone is 1. The van der Waals surface area contributed by atoms with Crippen LogP contribution in [0.3, 0.4) is 0 Å². The molecular formula is C35H40ClN5O7. The van der Waals surface area contributed by atoms with Gasteiger partial charge < -0.3 is 34.5 Å². The first-order valence-electron chi connectivity index (χ1n) is 15.5. The van der Waals surface area contributed by atoms with Gasteiger partial charge in [0.15, 0.2) is 18.1 Å². The summed E-state index contributed by atoms with van der Waals surface area (Å²) >= 11 is 6.02. The fourth-order valence-corrected chi connectivity index (χ4v) is 5.16. The van der Waals surface area contributed by atoms with E-state index in [1.54, 1.807) is 32.0 Å². The molecule has 1 aliphatic rings. The van der Waals surface area contributed by atoms with Gasteiger partial charge in [-0.05, 0) is 75.2 Å². The summed E-state index contributed by atoms with van der Waals surface area (Å²) in [6.07, 6.45) is 1.51. The van der Waals surface area contributed by atoms with Crippen molar-refractivity contribution in [3.8, 4) is 17.2 Å². The van der Waals surface area contributed by atoms with Crippen LogP contribution in [0.1, 0.15) is 50.4 Å². The highest BCUT2D eigenvalue weighted by Crippen LogP contribution is 2.34. The molecule has 13 heteroatoms. The lowest BCUT2D eigenvalue weighted by atomic mass is 9.95. The minimum atomic E-state index is -0.778. The predicted molar refractivity (Wildman–Crippen MR) is 184 cm³/mol. The standard InChI is InChI=1S/C35H40ClN5O7/c1-6-41(7-2)27-15-11-25(29(18-27)47-20-23-9-13-26(36)14-10-23)19-37-40-31(42)21-48-28-16-12-24(17-30(28)45-5)33-32(34(43)46-8-3)22(4)38-35(44)39-33/h9-19,33H,6-8,20-21H2,1-5H3,(H,40,42)(H2,38,39,44)/b37-19+/t33-/m1/s1. The Morgan fingerprint density at radius 2 is 1.73 bits per heavy atom. The van der Waals surface area contributed by atoms with Gasteiger partial charge >= 0.3 is 12.0 Å². The van der Waals surface area contributed by atoms with Crippen LogP contribution in [0.15, 0.2) is 77.0 Å². The Morgan fingerprint density at radius 3 is 2.42 bits per heavy atom. The maximum absolute atomic E-state index is 12.7. The molecule has 0 radical (unpaired) electrons. The van der Waals surface area contributed by atoms with Crippen molar-refractivity contribution in [3.63, 3.8) is 0 Å². The average Bonchev–Trinajstić information content (AvgIpc) is 3.08. The van der Waals surface area contributed by atoms with E-state index >= 15 is 0 Å². The summed E-state index contributed by atoms with van der Waals surface area (Å²) in [6.45, 7) is 9.33. The van der Waals surface area contributed by atoms with Crippen LogP contribution in [0.2, 0.25) is 5.02 Å². The molecule has 0 fully saturated rings. The number of nitrogens with one attached hydrogen (secondary N) is 3. The maximum Gasteiger partial charge on any atom is 0.338 e. The molecule has 3 N–H and O–H groups in total. The quantitative estimate of drug-likeness (QED) is 0.109. The molecule has 4 rings (SSSR count). The predicted octanol–water partition coefficient (Wildman–Crippen LogP) is 5.49. The summed E-state index contributed by atoms with van der Waals surface area (Å²) in [5.74, 6) is 0.130. The summed E-state index contributed by atoms with van der Waals surface area (Å²) in [5.41, 5.74) is 6.34. The first kappa shape index (κ1) is 35.6. The van der Waals surface area contributed by atoms with Crippen LogP contribution in [0.4, 0.5) is 10.5 Å². The van der Waals surface area contributed by atoms with Crippen LogP contribution in [0, 0.1) is 0 Å². The van der Waals surface area contributed by atoms with Crippen LogP contribution in [0.25, 0.3) is 0 Å². The van der Waals surface area contributed by atoms with Crippen LogP contribution in [-0.4, -0.2) is 57.5 Å². The lowest BCUT2D eigenvalue weighted by molar-refractivity contribution is -0.139. The van der Waals surface area contributed by atoms with E-state index in [4.69, 9.17) is 30.5 Å². The number of urea groups is 1. The molecule has 1 aliphatic heterocycles. The number of nitrogens with zero attached hydrogens (tertiary/aromatic N) is 2. The molecule has 1 atom stereocenters. The number of hydrazone groups is 1. The molecule has 0 saturated heterocycles. The second-order valence-electron chi connectivity index (χ2n) is 10.6. The first-order chi connectivity index (χ1) is 23.2. The van der Waals surface area contributed by atoms with E-state index in [1.165, 1.54) is 13.3 Å². The van der Waals surface area contributed by atoms with E-state index in [0.29, 0.717) is 40.0 Å². The Morgan fingerprint density at radius 1 is 0.979 bits per heavy atom. The minimum Gasteiger partial charge on any atom is -0.493 e. The van der Waals surface area contributed by atoms with E-state index in [9.17, 15) is 14.4 Å². The fraction of sp³-hybridized carbons (Fsp3) is 0.314. The molecule has 254 valence electrons. The number of rotatable bonds is 15. The van der Waals surface area contributed by atoms with Crippen molar-refractivity contribution in [2.75, 3.05) is 38.3 Å². The van der Waals surface area contributed by atoms with Crippen molar-refractivity contribution in [2.24, 2.45) is 5.10 Å². The molecule has 3 amide bonds. The van der Waals surface area contributed by atoms with Gasteiger partial charge in [-0.1, -0.05) is 29.8 Å². The normalized spacial score (nSPS) is 14.2. The molecule has 0 saturated carbocycles. The number of esters is 1. The zero-order chi connectivity index (χ0) is 34.6. The summed E-state index contributed by atoms with van der Waals surface area (Å²) in [7, 11) is 1.45. The number of hydrogen-bond acceptors (Lipinski definition) is 9. The Labute approximate surface area is 285 Å². The van der Waals surface area contributed by atoms with Gasteiger partial charge in [0.05, 0.1) is 31.5 Å². The molecule has 0 unspecified atom stereocenters. The van der Waals surface area contributed by atoms with E-state index in [2.05, 4.69) is 39.9 Å². The lowest BCUT2D eigenvalue weighted by Crippen LogP contribution is -2.45. The third-order valence-corrected chi connectivity index (χ3v) is 7.72. The highest BCUT2D eigenvalue weighted by Gasteiger charge is 2.32. The van der Waals surface area contributed by atoms with Crippen molar-refractivity contribution >= 4 is 41.4 Å². The highest BCUT2D eigenvalue weighted by atomic mass is 35.5. The van der Waals surface area contributed by atoms with Gasteiger partial charge in [0.2, 0.25) is 0 Å². The number of methoxy groups -OCH3 is 1. The summed E-state index contributed by atoms with van der Waals surface area (Å²) < 4.78 is 22.6. The molecule has 0 aromatic heterocycles. The van der Waals surface area contributed by atoms with Gasteiger partial charge in [0, 0.05) is 41.1 Å². The van der Waals surface area contributed by atoms with E-state index in [1.807, 2.05) is 42.5 Å². The molecular weight excluding hydrogens is 638 g/mol. The molecule has 0 bridgehead atoms. The van der Waals surface area contributed by atoms with Gasteiger partial charge in [0.25, 0.3) is 5.91 Å². The number of hydrogen-bond donors (Lipinski definition) is 3. The second-order valence-corrected chi connectivity index (χ2v) is 11.0. The number of carbonyl (C=O) groups is 3. The van der Waals surface area contributed by atoms with Crippen molar-refractivity contribution in [1.82, 2.24) is 16.1 Å². The van der Waals surface area contributed by atoms with Crippen molar-refractivity contribution in [2.45, 2.75) is 40.3 Å². The van der Waals surface area contributed by atoms with Gasteiger partial charge in [-0.15, -0.1) is 0 Å². The summed E-state index contributed by atoms with van der Waals surface area (Å²) in [6, 6.07) is 16.9. The summed E-state index contributed by atoms with van der Waals surface area (Å²) in [4.78, 5) is 39.7. The van der Waals surface area contributed by atoms with E-state index in [-0.39, 0.29) is 24.5 Å². The van der Waals surface area contributed by atoms with Crippen LogP contribution in [0.5, 0.6) is 17.2 Å². The Balaban J connectivity index is 1.43. The summed E-state index contributed by atoms with van der Waals surface area (Å²) in [5, 5.41) is 10.1. The highest BCUT2D eigenvalue weighted by molar-refractivity contribution is 6.30. The van der Waals surface area contributed by atoms with Crippen LogP contribution < -0.4 is 35.2 Å². The monoisotopic (exact) mass is 677 g/mol. The van der Waals surface area contributed by atoms with Crippen LogP contribution in [-0.2, 0) is 20.9 Å². The molecule has 48 heavy (non-hydrogen) atoms. The number of ether oxygens (including phenoxy) is 4. The van der Waals surface area contributed by atoms with Crippen molar-refractivity contribution < 1.29 is 33.3 Å². The average molecular weight is 678 g/mol. The number of benzene rings is 3. The number of anilines is 1. The number of amides is 3. The van der Waals surface area contributed by atoms with Crippen molar-refractivity contribution in [1.29, 1.82) is 0 Å². The molecule has 0 spiro atoms. The molecule has 3 aromatic carbocycles. The molecule has 1 heterocycles. The van der Waals surface area contributed by atoms with Gasteiger partial charge in [-0.3, -0.25) is 4.79 Å². The van der Waals surface area contributed by atoms with E-state index < -0.39 is 23.9 Å². The van der Waals surface area contributed by atoms with E-state index in [0.717, 1.165) is 24.3 Å². The SMILES string of the molecule is CCOC(=O)C1=C(C)NC(=O)N[C@@H]1c1ccc(OCC(=O)N/N=C/c2ccc(N(CC)CC)cc2OCc2ccc(Cl)cc2)c(OC)c1. The first-order valence-corrected chi connectivity index (χ1v) is 15.9. The van der Waals surface area contributed by atoms with Crippen molar-refractivity contribution in [3.05, 3.63) is 93.6 Å². The number of carbonyl (C=O) groups excluding carboxylic acids is 3. The largest absolute Gasteiger partial charge is 0.493 e. The Bertz CT molecular complexity index is 1670. The maximum atomic E-state index is 12.7. The number of halogens is 1. The lowest BCUT2D eigenvalue weighted by Gasteiger charge is -2.28. The van der Waals surface area contributed by atoms with Gasteiger partial charge in [-0.25, -0.2) is 15.0 Å². The topological polar surface area (TPSA) is 140 Å². The zero-order valence-corrected chi connectivity index (χ0v) is 28.3.